The van der Waals surface area contributed by atoms with Gasteiger partial charge in [-0.2, -0.15) is 0 Å². The van der Waals surface area contributed by atoms with Crippen molar-refractivity contribution in [3.05, 3.63) is 75.5 Å². The molecule has 8 nitrogen and oxygen atoms in total. The number of nitrogens with zero attached hydrogens (tertiary/aromatic N) is 3. The number of H-pyrrole nitrogens is 1. The van der Waals surface area contributed by atoms with Crippen LogP contribution in [0.3, 0.4) is 0 Å². The largest absolute Gasteiger partial charge is 0.356 e. The number of nitro groups is 1. The van der Waals surface area contributed by atoms with E-state index in [0.717, 1.165) is 47.0 Å². The van der Waals surface area contributed by atoms with Gasteiger partial charge in [-0.05, 0) is 35.7 Å². The molecule has 1 saturated heterocycles. The Morgan fingerprint density at radius 3 is 2.58 bits per heavy atom. The van der Waals surface area contributed by atoms with E-state index in [0.29, 0.717) is 13.0 Å². The third kappa shape index (κ3) is 3.55. The van der Waals surface area contributed by atoms with Crippen molar-refractivity contribution in [2.24, 2.45) is 0 Å². The van der Waals surface area contributed by atoms with Crippen LogP contribution in [0.15, 0.2) is 48.5 Å². The number of hydrogen-bond acceptors (Lipinski definition) is 4. The number of carbonyl (C=O) groups excluding carboxylic acids is 2. The normalized spacial score (nSPS) is 20.2. The third-order valence-corrected chi connectivity index (χ3v) is 6.79. The highest BCUT2D eigenvalue weighted by atomic mass is 16.6. The minimum Gasteiger partial charge on any atom is -0.356 e. The van der Waals surface area contributed by atoms with E-state index in [-0.39, 0.29) is 24.0 Å². The summed E-state index contributed by atoms with van der Waals surface area (Å²) < 4.78 is 0. The number of aromatic nitrogens is 1. The first-order valence-electron chi connectivity index (χ1n) is 11.4. The molecule has 2 aliphatic heterocycles. The van der Waals surface area contributed by atoms with Crippen molar-refractivity contribution in [2.45, 2.75) is 44.7 Å². The lowest BCUT2D eigenvalue weighted by molar-refractivity contribution is -0.384. The van der Waals surface area contributed by atoms with Gasteiger partial charge in [-0.3, -0.25) is 19.7 Å². The summed E-state index contributed by atoms with van der Waals surface area (Å²) in [5.74, 6) is -0.114. The molecule has 1 N–H and O–H groups in total. The molecule has 0 spiro atoms. The molecule has 3 aromatic rings. The monoisotopic (exact) mass is 446 g/mol. The number of rotatable bonds is 6. The first-order chi connectivity index (χ1) is 16.0. The highest BCUT2D eigenvalue weighted by Crippen LogP contribution is 2.42. The van der Waals surface area contributed by atoms with Gasteiger partial charge in [0.05, 0.1) is 17.5 Å². The number of benzene rings is 2. The van der Waals surface area contributed by atoms with Crippen molar-refractivity contribution in [3.8, 4) is 0 Å². The van der Waals surface area contributed by atoms with Crippen LogP contribution in [0.2, 0.25) is 0 Å². The van der Waals surface area contributed by atoms with Crippen molar-refractivity contribution in [1.82, 2.24) is 14.8 Å². The molecule has 5 rings (SSSR count). The van der Waals surface area contributed by atoms with Gasteiger partial charge in [0.15, 0.2) is 0 Å². The minimum atomic E-state index is -0.584. The number of piperazine rings is 1. The Labute approximate surface area is 191 Å². The van der Waals surface area contributed by atoms with E-state index in [9.17, 15) is 19.7 Å². The molecule has 8 heteroatoms. The average molecular weight is 447 g/mol. The standard InChI is InChI=1S/C25H26N4O4/c1-2-3-6-13-27-15-22(30)28-21(25(27)31)14-19-18-7-4-5-8-20(18)26-23(19)24(28)16-9-11-17(12-10-16)29(32)33/h4-5,7-12,21,24,26H,2-3,6,13-15H2,1H3/t21-,24?/m0/s1. The Bertz CT molecular complexity index is 1230. The zero-order chi connectivity index (χ0) is 23.1. The number of fused-ring (bicyclic) bond motifs is 4. The number of non-ortho nitro benzene ring substituents is 1. The van der Waals surface area contributed by atoms with Crippen LogP contribution in [0.5, 0.6) is 0 Å². The van der Waals surface area contributed by atoms with Crippen LogP contribution in [0.25, 0.3) is 10.9 Å². The zero-order valence-electron chi connectivity index (χ0n) is 18.5. The molecule has 2 atom stereocenters. The molecule has 0 bridgehead atoms. The van der Waals surface area contributed by atoms with Gasteiger partial charge in [0.25, 0.3) is 5.69 Å². The van der Waals surface area contributed by atoms with E-state index in [4.69, 9.17) is 0 Å². The first-order valence-corrected chi connectivity index (χ1v) is 11.4. The Hall–Kier alpha value is -3.68. The lowest BCUT2D eigenvalue weighted by Crippen LogP contribution is -2.63. The van der Waals surface area contributed by atoms with Crippen LogP contribution in [-0.4, -0.2) is 50.7 Å². The van der Waals surface area contributed by atoms with Gasteiger partial charge >= 0.3 is 0 Å². The molecule has 2 amide bonds. The highest BCUT2D eigenvalue weighted by Gasteiger charge is 2.48. The van der Waals surface area contributed by atoms with Gasteiger partial charge in [-0.25, -0.2) is 0 Å². The fourth-order valence-corrected chi connectivity index (χ4v) is 5.19. The number of amides is 2. The molecule has 2 aliphatic rings. The van der Waals surface area contributed by atoms with E-state index < -0.39 is 17.0 Å². The maximum Gasteiger partial charge on any atom is 0.269 e. The highest BCUT2D eigenvalue weighted by molar-refractivity contribution is 5.97. The molecule has 0 saturated carbocycles. The number of para-hydroxylation sites is 1. The maximum absolute atomic E-state index is 13.5. The Morgan fingerprint density at radius 2 is 1.85 bits per heavy atom. The van der Waals surface area contributed by atoms with Crippen LogP contribution in [-0.2, 0) is 16.0 Å². The van der Waals surface area contributed by atoms with Gasteiger partial charge in [0, 0.05) is 41.7 Å². The lowest BCUT2D eigenvalue weighted by atomic mass is 9.86. The summed E-state index contributed by atoms with van der Waals surface area (Å²) in [7, 11) is 0. The van der Waals surface area contributed by atoms with Crippen molar-refractivity contribution in [3.63, 3.8) is 0 Å². The molecule has 170 valence electrons. The molecule has 3 heterocycles. The number of hydrogen-bond donors (Lipinski definition) is 1. The zero-order valence-corrected chi connectivity index (χ0v) is 18.5. The molecule has 1 unspecified atom stereocenters. The molecule has 1 aromatic heterocycles. The fourth-order valence-electron chi connectivity index (χ4n) is 5.19. The number of nitrogens with one attached hydrogen (secondary N) is 1. The predicted molar refractivity (Wildman–Crippen MR) is 124 cm³/mol. The van der Waals surface area contributed by atoms with Crippen LogP contribution >= 0.6 is 0 Å². The van der Waals surface area contributed by atoms with Gasteiger partial charge in [-0.1, -0.05) is 38.0 Å². The summed E-state index contributed by atoms with van der Waals surface area (Å²) in [6, 6.07) is 13.1. The summed E-state index contributed by atoms with van der Waals surface area (Å²) in [6.45, 7) is 2.77. The van der Waals surface area contributed by atoms with Crippen molar-refractivity contribution < 1.29 is 14.5 Å². The number of unbranched alkanes of at least 4 members (excludes halogenated alkanes) is 2. The molecule has 2 aromatic carbocycles. The van der Waals surface area contributed by atoms with Crippen LogP contribution < -0.4 is 0 Å². The molecule has 0 radical (unpaired) electrons. The van der Waals surface area contributed by atoms with Crippen molar-refractivity contribution in [2.75, 3.05) is 13.1 Å². The molecular weight excluding hydrogens is 420 g/mol. The number of aromatic amines is 1. The van der Waals surface area contributed by atoms with E-state index >= 15 is 0 Å². The van der Waals surface area contributed by atoms with Gasteiger partial charge < -0.3 is 14.8 Å². The minimum absolute atomic E-state index is 0.00822. The smallest absolute Gasteiger partial charge is 0.269 e. The summed E-state index contributed by atoms with van der Waals surface area (Å²) in [4.78, 5) is 44.5. The Kier molecular flexibility index (Phi) is 5.36. The van der Waals surface area contributed by atoms with Crippen LogP contribution in [0.4, 0.5) is 5.69 Å². The van der Waals surface area contributed by atoms with Crippen molar-refractivity contribution >= 4 is 28.4 Å². The molecule has 1 fully saturated rings. The lowest BCUT2D eigenvalue weighted by Gasteiger charge is -2.47. The topological polar surface area (TPSA) is 99.5 Å². The van der Waals surface area contributed by atoms with Gasteiger partial charge in [0.1, 0.15) is 6.04 Å². The van der Waals surface area contributed by atoms with Gasteiger partial charge in [-0.15, -0.1) is 0 Å². The SMILES string of the molecule is CCCCCN1CC(=O)N2C(c3ccc([N+](=O)[O-])cc3)c3[nH]c4ccccc4c3C[C@H]2C1=O. The number of carbonyl (C=O) groups is 2. The molecule has 0 aliphatic carbocycles. The van der Waals surface area contributed by atoms with E-state index in [2.05, 4.69) is 11.9 Å². The second-order valence-corrected chi connectivity index (χ2v) is 8.80. The predicted octanol–water partition coefficient (Wildman–Crippen LogP) is 3.95. The second kappa shape index (κ2) is 8.35. The molecular formula is C25H26N4O4. The van der Waals surface area contributed by atoms with E-state index in [1.807, 2.05) is 24.3 Å². The summed E-state index contributed by atoms with van der Waals surface area (Å²) in [5, 5.41) is 12.2. The molecule has 33 heavy (non-hydrogen) atoms. The van der Waals surface area contributed by atoms with Crippen LogP contribution in [0.1, 0.15) is 49.0 Å². The fraction of sp³-hybridized carbons (Fsp3) is 0.360. The van der Waals surface area contributed by atoms with Crippen LogP contribution in [0, 0.1) is 10.1 Å². The maximum atomic E-state index is 13.5. The summed E-state index contributed by atoms with van der Waals surface area (Å²) in [6.07, 6.45) is 3.40. The average Bonchev–Trinajstić information content (AvgIpc) is 3.19. The Balaban J connectivity index is 1.60. The number of nitro benzene ring substituents is 1. The van der Waals surface area contributed by atoms with Gasteiger partial charge in [0.2, 0.25) is 11.8 Å². The third-order valence-electron chi connectivity index (χ3n) is 6.79. The van der Waals surface area contributed by atoms with Crippen molar-refractivity contribution in [1.29, 1.82) is 0 Å². The second-order valence-electron chi connectivity index (χ2n) is 8.80. The summed E-state index contributed by atoms with van der Waals surface area (Å²) >= 11 is 0. The first kappa shape index (κ1) is 21.2. The van der Waals surface area contributed by atoms with E-state index in [1.165, 1.54) is 12.1 Å². The summed E-state index contributed by atoms with van der Waals surface area (Å²) in [5.41, 5.74) is 3.60. The quantitative estimate of drug-likeness (QED) is 0.352. The Morgan fingerprint density at radius 1 is 1.09 bits per heavy atom. The van der Waals surface area contributed by atoms with E-state index in [1.54, 1.807) is 21.9 Å².